The lowest BCUT2D eigenvalue weighted by molar-refractivity contribution is 0.0854. The van der Waals surface area contributed by atoms with Gasteiger partial charge in [0.15, 0.2) is 0 Å². The molecule has 0 bridgehead atoms. The van der Waals surface area contributed by atoms with Crippen LogP contribution in [0.3, 0.4) is 0 Å². The second-order valence-corrected chi connectivity index (χ2v) is 3.93. The van der Waals surface area contributed by atoms with Gasteiger partial charge in [-0.3, -0.25) is 0 Å². The third-order valence-corrected chi connectivity index (χ3v) is 2.57. The lowest BCUT2D eigenvalue weighted by Gasteiger charge is -2.08. The van der Waals surface area contributed by atoms with E-state index in [9.17, 15) is 0 Å². The van der Waals surface area contributed by atoms with Crippen molar-refractivity contribution in [1.29, 1.82) is 0 Å². The minimum atomic E-state index is -0.0691. The number of ether oxygens (including phenoxy) is 1. The minimum absolute atomic E-state index is 0.0691. The zero-order valence-electron chi connectivity index (χ0n) is 10.3. The molecule has 0 aliphatic heterocycles. The average molecular weight is 227 g/mol. The predicted octanol–water partition coefficient (Wildman–Crippen LogP) is 1.84. The van der Waals surface area contributed by atoms with E-state index in [1.807, 2.05) is 6.92 Å². The number of methoxy groups -OCH3 is 1. The number of rotatable bonds is 7. The molecule has 5 nitrogen and oxygen atoms in total. The Morgan fingerprint density at radius 1 is 1.44 bits per heavy atom. The number of hydrogen-bond donors (Lipinski definition) is 1. The van der Waals surface area contributed by atoms with Crippen LogP contribution in [0.2, 0.25) is 0 Å². The molecular weight excluding hydrogens is 206 g/mol. The highest BCUT2D eigenvalue weighted by atomic mass is 16.5. The summed E-state index contributed by atoms with van der Waals surface area (Å²) >= 11 is 0. The monoisotopic (exact) mass is 227 g/mol. The van der Waals surface area contributed by atoms with E-state index in [1.165, 1.54) is 0 Å². The smallest absolute Gasteiger partial charge is 0.228 e. The number of hydrogen-bond acceptors (Lipinski definition) is 5. The molecule has 16 heavy (non-hydrogen) atoms. The fourth-order valence-electron chi connectivity index (χ4n) is 1.46. The summed E-state index contributed by atoms with van der Waals surface area (Å²) in [5.74, 6) is 1.23. The van der Waals surface area contributed by atoms with Crippen LogP contribution in [0, 0.1) is 0 Å². The molecule has 2 unspecified atom stereocenters. The summed E-state index contributed by atoms with van der Waals surface area (Å²) in [7, 11) is 1.66. The van der Waals surface area contributed by atoms with Gasteiger partial charge in [0.05, 0.1) is 0 Å². The second-order valence-electron chi connectivity index (χ2n) is 3.93. The Labute approximate surface area is 96.4 Å². The topological polar surface area (TPSA) is 74.2 Å². The molecule has 0 amide bonds. The lowest BCUT2D eigenvalue weighted by atomic mass is 10.2. The van der Waals surface area contributed by atoms with E-state index in [2.05, 4.69) is 17.1 Å². The SMILES string of the molecule is CCCC(OC)c1noc(CC(N)CC)n1. The Balaban J connectivity index is 2.62. The first-order chi connectivity index (χ1) is 7.71. The van der Waals surface area contributed by atoms with Gasteiger partial charge in [-0.25, -0.2) is 0 Å². The largest absolute Gasteiger partial charge is 0.373 e. The van der Waals surface area contributed by atoms with Crippen molar-refractivity contribution < 1.29 is 9.26 Å². The number of nitrogens with two attached hydrogens (primary N) is 1. The molecule has 0 aliphatic carbocycles. The first-order valence-corrected chi connectivity index (χ1v) is 5.82. The zero-order chi connectivity index (χ0) is 12.0. The first kappa shape index (κ1) is 13.1. The van der Waals surface area contributed by atoms with Crippen molar-refractivity contribution in [3.05, 3.63) is 11.7 Å². The van der Waals surface area contributed by atoms with Crippen molar-refractivity contribution in [2.75, 3.05) is 7.11 Å². The Bertz CT molecular complexity index is 301. The van der Waals surface area contributed by atoms with E-state index in [-0.39, 0.29) is 12.1 Å². The van der Waals surface area contributed by atoms with E-state index < -0.39 is 0 Å². The highest BCUT2D eigenvalue weighted by molar-refractivity contribution is 4.92. The molecule has 1 rings (SSSR count). The molecule has 1 heterocycles. The van der Waals surface area contributed by atoms with Gasteiger partial charge in [0.2, 0.25) is 11.7 Å². The van der Waals surface area contributed by atoms with Gasteiger partial charge in [0, 0.05) is 19.6 Å². The van der Waals surface area contributed by atoms with E-state index >= 15 is 0 Å². The summed E-state index contributed by atoms with van der Waals surface area (Å²) in [6.07, 6.45) is 3.39. The molecule has 0 aliphatic rings. The Morgan fingerprint density at radius 2 is 2.19 bits per heavy atom. The molecule has 1 aromatic heterocycles. The zero-order valence-corrected chi connectivity index (χ0v) is 10.3. The van der Waals surface area contributed by atoms with Crippen molar-refractivity contribution in [3.63, 3.8) is 0 Å². The van der Waals surface area contributed by atoms with Gasteiger partial charge in [0.1, 0.15) is 6.10 Å². The fourth-order valence-corrected chi connectivity index (χ4v) is 1.46. The maximum absolute atomic E-state index is 5.82. The van der Waals surface area contributed by atoms with Crippen molar-refractivity contribution >= 4 is 0 Å². The highest BCUT2D eigenvalue weighted by Crippen LogP contribution is 2.19. The summed E-state index contributed by atoms with van der Waals surface area (Å²) in [5.41, 5.74) is 5.82. The molecule has 2 N–H and O–H groups in total. The van der Waals surface area contributed by atoms with Crippen LogP contribution in [0.4, 0.5) is 0 Å². The van der Waals surface area contributed by atoms with Gasteiger partial charge in [-0.05, 0) is 12.8 Å². The molecule has 0 radical (unpaired) electrons. The Kier molecular flexibility index (Phi) is 5.42. The van der Waals surface area contributed by atoms with Crippen LogP contribution in [0.1, 0.15) is 50.9 Å². The normalized spacial score (nSPS) is 15.0. The third-order valence-electron chi connectivity index (χ3n) is 2.57. The quantitative estimate of drug-likeness (QED) is 0.769. The molecule has 1 aromatic rings. The van der Waals surface area contributed by atoms with Crippen molar-refractivity contribution in [2.24, 2.45) is 5.73 Å². The summed E-state index contributed by atoms with van der Waals surface area (Å²) in [6.45, 7) is 4.14. The van der Waals surface area contributed by atoms with Crippen LogP contribution in [0.15, 0.2) is 4.52 Å². The van der Waals surface area contributed by atoms with Crippen LogP contribution >= 0.6 is 0 Å². The van der Waals surface area contributed by atoms with Crippen LogP contribution in [0.5, 0.6) is 0 Å². The fraction of sp³-hybridized carbons (Fsp3) is 0.818. The van der Waals surface area contributed by atoms with E-state index in [1.54, 1.807) is 7.11 Å². The van der Waals surface area contributed by atoms with Crippen molar-refractivity contribution in [1.82, 2.24) is 10.1 Å². The van der Waals surface area contributed by atoms with Gasteiger partial charge in [-0.2, -0.15) is 4.98 Å². The highest BCUT2D eigenvalue weighted by Gasteiger charge is 2.17. The van der Waals surface area contributed by atoms with Gasteiger partial charge in [-0.1, -0.05) is 25.4 Å². The molecule has 0 saturated carbocycles. The Morgan fingerprint density at radius 3 is 2.75 bits per heavy atom. The molecule has 0 spiro atoms. The van der Waals surface area contributed by atoms with Crippen LogP contribution < -0.4 is 5.73 Å². The summed E-state index contributed by atoms with van der Waals surface area (Å²) in [6, 6.07) is 0.0838. The molecule has 5 heteroatoms. The molecule has 0 fully saturated rings. The first-order valence-electron chi connectivity index (χ1n) is 5.82. The molecule has 0 aromatic carbocycles. The van der Waals surface area contributed by atoms with Crippen LogP contribution in [0.25, 0.3) is 0 Å². The van der Waals surface area contributed by atoms with E-state index in [0.29, 0.717) is 18.1 Å². The average Bonchev–Trinajstić information content (AvgIpc) is 2.74. The number of nitrogens with zero attached hydrogens (tertiary/aromatic N) is 2. The van der Waals surface area contributed by atoms with E-state index in [0.717, 1.165) is 19.3 Å². The Hall–Kier alpha value is -0.940. The number of aromatic nitrogens is 2. The maximum Gasteiger partial charge on any atom is 0.228 e. The molecular formula is C11H21N3O2. The van der Waals surface area contributed by atoms with Gasteiger partial charge >= 0.3 is 0 Å². The van der Waals surface area contributed by atoms with Gasteiger partial charge < -0.3 is 15.0 Å². The third kappa shape index (κ3) is 3.57. The van der Waals surface area contributed by atoms with Gasteiger partial charge in [0.25, 0.3) is 0 Å². The van der Waals surface area contributed by atoms with Crippen molar-refractivity contribution in [3.8, 4) is 0 Å². The lowest BCUT2D eigenvalue weighted by Crippen LogP contribution is -2.21. The molecule has 2 atom stereocenters. The molecule has 92 valence electrons. The van der Waals surface area contributed by atoms with Crippen LogP contribution in [-0.4, -0.2) is 23.3 Å². The summed E-state index contributed by atoms with van der Waals surface area (Å²) in [5, 5.41) is 3.93. The predicted molar refractivity (Wildman–Crippen MR) is 60.9 cm³/mol. The van der Waals surface area contributed by atoms with Crippen molar-refractivity contribution in [2.45, 2.75) is 51.7 Å². The summed E-state index contributed by atoms with van der Waals surface area (Å²) < 4.78 is 10.5. The molecule has 0 saturated heterocycles. The summed E-state index contributed by atoms with van der Waals surface area (Å²) in [4.78, 5) is 4.31. The van der Waals surface area contributed by atoms with Crippen LogP contribution in [-0.2, 0) is 11.2 Å². The minimum Gasteiger partial charge on any atom is -0.373 e. The van der Waals surface area contributed by atoms with E-state index in [4.69, 9.17) is 15.0 Å². The van der Waals surface area contributed by atoms with Gasteiger partial charge in [-0.15, -0.1) is 0 Å². The second kappa shape index (κ2) is 6.60. The standard InChI is InChI=1S/C11H21N3O2/c1-4-6-9(15-3)11-13-10(16-14-11)7-8(12)5-2/h8-9H,4-7,12H2,1-3H3. The maximum atomic E-state index is 5.82.